The fourth-order valence-electron chi connectivity index (χ4n) is 3.80. The van der Waals surface area contributed by atoms with E-state index in [1.165, 1.54) is 0 Å². The minimum Gasteiger partial charge on any atom is -0.444 e. The molecule has 3 rings (SSSR count). The number of hydrogen-bond donors (Lipinski definition) is 1. The largest absolute Gasteiger partial charge is 0.444 e. The second-order valence-corrected chi connectivity index (χ2v) is 8.67. The maximum Gasteiger partial charge on any atom is 0.410 e. The molecule has 0 bridgehead atoms. The zero-order chi connectivity index (χ0) is 21.4. The Kier molecular flexibility index (Phi) is 5.65. The Bertz CT molecular complexity index is 802. The van der Waals surface area contributed by atoms with E-state index < -0.39 is 36.0 Å². The van der Waals surface area contributed by atoms with Gasteiger partial charge in [-0.2, -0.15) is 0 Å². The van der Waals surface area contributed by atoms with E-state index in [-0.39, 0.29) is 31.2 Å². The zero-order valence-electron chi connectivity index (χ0n) is 16.8. The SMILES string of the molecule is CC(C)(C)OC(=O)N1CCC(c2ccc(C3CCC(=O)NC3=O)cc2)C(F)(F)C1. The summed E-state index contributed by atoms with van der Waals surface area (Å²) < 4.78 is 34.8. The van der Waals surface area contributed by atoms with Gasteiger partial charge in [0.15, 0.2) is 0 Å². The lowest BCUT2D eigenvalue weighted by Gasteiger charge is -2.39. The monoisotopic (exact) mass is 408 g/mol. The van der Waals surface area contributed by atoms with Crippen molar-refractivity contribution in [2.45, 2.75) is 63.4 Å². The van der Waals surface area contributed by atoms with Crippen LogP contribution in [-0.2, 0) is 14.3 Å². The highest BCUT2D eigenvalue weighted by molar-refractivity contribution is 6.00. The van der Waals surface area contributed by atoms with Crippen LogP contribution in [0.2, 0.25) is 0 Å². The van der Waals surface area contributed by atoms with Crippen molar-refractivity contribution in [1.82, 2.24) is 10.2 Å². The molecule has 1 aromatic rings. The van der Waals surface area contributed by atoms with E-state index in [1.54, 1.807) is 45.0 Å². The minimum atomic E-state index is -3.09. The number of amides is 3. The molecule has 8 heteroatoms. The van der Waals surface area contributed by atoms with Crippen molar-refractivity contribution in [3.05, 3.63) is 35.4 Å². The molecule has 2 atom stereocenters. The number of nitrogens with one attached hydrogen (secondary N) is 1. The van der Waals surface area contributed by atoms with Gasteiger partial charge >= 0.3 is 6.09 Å². The maximum atomic E-state index is 14.8. The van der Waals surface area contributed by atoms with Crippen molar-refractivity contribution in [3.63, 3.8) is 0 Å². The number of carbonyl (C=O) groups is 3. The number of alkyl halides is 2. The summed E-state index contributed by atoms with van der Waals surface area (Å²) in [4.78, 5) is 36.5. The number of nitrogens with zero attached hydrogens (tertiary/aromatic N) is 1. The first-order valence-electron chi connectivity index (χ1n) is 9.75. The molecule has 0 spiro atoms. The highest BCUT2D eigenvalue weighted by Gasteiger charge is 2.47. The summed E-state index contributed by atoms with van der Waals surface area (Å²) in [6.45, 7) is 4.57. The van der Waals surface area contributed by atoms with Gasteiger partial charge in [-0.3, -0.25) is 14.9 Å². The van der Waals surface area contributed by atoms with Gasteiger partial charge in [0.2, 0.25) is 11.8 Å². The Hall–Kier alpha value is -2.51. The van der Waals surface area contributed by atoms with Crippen molar-refractivity contribution < 1.29 is 27.9 Å². The van der Waals surface area contributed by atoms with E-state index in [0.29, 0.717) is 17.5 Å². The Morgan fingerprint density at radius 2 is 1.76 bits per heavy atom. The van der Waals surface area contributed by atoms with Crippen molar-refractivity contribution in [2.24, 2.45) is 0 Å². The lowest BCUT2D eigenvalue weighted by Crippen LogP contribution is -2.50. The summed E-state index contributed by atoms with van der Waals surface area (Å²) in [6.07, 6.45) is 0.0569. The summed E-state index contributed by atoms with van der Waals surface area (Å²) in [6, 6.07) is 6.57. The van der Waals surface area contributed by atoms with Gasteiger partial charge in [-0.25, -0.2) is 13.6 Å². The number of hydrogen-bond acceptors (Lipinski definition) is 4. The van der Waals surface area contributed by atoms with Gasteiger partial charge < -0.3 is 9.64 Å². The van der Waals surface area contributed by atoms with Gasteiger partial charge in [0.05, 0.1) is 18.4 Å². The van der Waals surface area contributed by atoms with Crippen LogP contribution in [0, 0.1) is 0 Å². The van der Waals surface area contributed by atoms with Gasteiger partial charge in [-0.1, -0.05) is 24.3 Å². The van der Waals surface area contributed by atoms with Crippen molar-refractivity contribution in [3.8, 4) is 0 Å². The van der Waals surface area contributed by atoms with Crippen molar-refractivity contribution in [2.75, 3.05) is 13.1 Å². The molecule has 1 aromatic carbocycles. The van der Waals surface area contributed by atoms with Gasteiger partial charge in [0, 0.05) is 13.0 Å². The van der Waals surface area contributed by atoms with E-state index in [0.717, 1.165) is 4.90 Å². The molecule has 2 saturated heterocycles. The molecule has 0 aliphatic carbocycles. The Morgan fingerprint density at radius 1 is 1.14 bits per heavy atom. The van der Waals surface area contributed by atoms with Gasteiger partial charge in [0.25, 0.3) is 5.92 Å². The van der Waals surface area contributed by atoms with Crippen LogP contribution >= 0.6 is 0 Å². The number of likely N-dealkylation sites (tertiary alicyclic amines) is 1. The van der Waals surface area contributed by atoms with Crippen LogP contribution in [0.5, 0.6) is 0 Å². The first kappa shape index (κ1) is 21.2. The quantitative estimate of drug-likeness (QED) is 0.759. The van der Waals surface area contributed by atoms with Crippen LogP contribution < -0.4 is 5.32 Å². The van der Waals surface area contributed by atoms with E-state index in [2.05, 4.69) is 5.32 Å². The standard InChI is InChI=1S/C21H26F2N2O4/c1-20(2,3)29-19(28)25-11-10-16(21(22,23)12-25)14-6-4-13(5-7-14)15-8-9-17(26)24-18(15)27/h4-7,15-16H,8-12H2,1-3H3,(H,24,26,27). The molecular weight excluding hydrogens is 382 g/mol. The first-order chi connectivity index (χ1) is 13.5. The lowest BCUT2D eigenvalue weighted by atomic mass is 9.84. The summed E-state index contributed by atoms with van der Waals surface area (Å²) in [5.41, 5.74) is 0.429. The highest BCUT2D eigenvalue weighted by atomic mass is 19.3. The number of ether oxygens (including phenoxy) is 1. The number of halogens is 2. The molecule has 0 saturated carbocycles. The van der Waals surface area contributed by atoms with Crippen LogP contribution in [0.4, 0.5) is 13.6 Å². The molecule has 2 heterocycles. The summed E-state index contributed by atoms with van der Waals surface area (Å²) in [7, 11) is 0. The lowest BCUT2D eigenvalue weighted by molar-refractivity contribution is -0.134. The molecule has 6 nitrogen and oxygen atoms in total. The van der Waals surface area contributed by atoms with Crippen LogP contribution in [0.15, 0.2) is 24.3 Å². The fourth-order valence-corrected chi connectivity index (χ4v) is 3.80. The molecule has 0 radical (unpaired) electrons. The Balaban J connectivity index is 1.69. The third-order valence-corrected chi connectivity index (χ3v) is 5.23. The Morgan fingerprint density at radius 3 is 2.31 bits per heavy atom. The molecule has 1 N–H and O–H groups in total. The average Bonchev–Trinajstić information content (AvgIpc) is 2.60. The predicted molar refractivity (Wildman–Crippen MR) is 102 cm³/mol. The van der Waals surface area contributed by atoms with Gasteiger partial charge in [-0.15, -0.1) is 0 Å². The number of piperidine rings is 2. The topological polar surface area (TPSA) is 75.7 Å². The van der Waals surface area contributed by atoms with E-state index >= 15 is 0 Å². The van der Waals surface area contributed by atoms with Crippen molar-refractivity contribution in [1.29, 1.82) is 0 Å². The molecule has 3 amide bonds. The van der Waals surface area contributed by atoms with E-state index in [9.17, 15) is 23.2 Å². The third kappa shape index (κ3) is 4.92. The second kappa shape index (κ2) is 7.72. The molecular formula is C21H26F2N2O4. The normalized spacial score (nSPS) is 24.8. The highest BCUT2D eigenvalue weighted by Crippen LogP contribution is 2.41. The molecule has 29 heavy (non-hydrogen) atoms. The molecule has 2 fully saturated rings. The molecule has 2 aliphatic heterocycles. The second-order valence-electron chi connectivity index (χ2n) is 8.67. The minimum absolute atomic E-state index is 0.115. The van der Waals surface area contributed by atoms with Crippen LogP contribution in [-0.4, -0.2) is 47.4 Å². The molecule has 0 aromatic heterocycles. The maximum absolute atomic E-state index is 14.8. The summed E-state index contributed by atoms with van der Waals surface area (Å²) >= 11 is 0. The zero-order valence-corrected chi connectivity index (χ0v) is 16.8. The number of imide groups is 1. The number of benzene rings is 1. The smallest absolute Gasteiger partial charge is 0.410 e. The number of rotatable bonds is 2. The molecule has 2 unspecified atom stereocenters. The molecule has 158 valence electrons. The molecule has 2 aliphatic rings. The van der Waals surface area contributed by atoms with Crippen LogP contribution in [0.1, 0.15) is 63.0 Å². The first-order valence-corrected chi connectivity index (χ1v) is 9.75. The summed E-state index contributed by atoms with van der Waals surface area (Å²) in [5.74, 6) is -5.21. The fraction of sp³-hybridized carbons (Fsp3) is 0.571. The Labute approximate surface area is 168 Å². The van der Waals surface area contributed by atoms with Crippen LogP contribution in [0.25, 0.3) is 0 Å². The third-order valence-electron chi connectivity index (χ3n) is 5.23. The van der Waals surface area contributed by atoms with Gasteiger partial charge in [-0.05, 0) is 44.7 Å². The van der Waals surface area contributed by atoms with Gasteiger partial charge in [0.1, 0.15) is 5.60 Å². The number of carbonyl (C=O) groups excluding carboxylic acids is 3. The van der Waals surface area contributed by atoms with E-state index in [4.69, 9.17) is 4.74 Å². The van der Waals surface area contributed by atoms with Crippen molar-refractivity contribution >= 4 is 17.9 Å². The predicted octanol–water partition coefficient (Wildman–Crippen LogP) is 3.57. The van der Waals surface area contributed by atoms with Crippen LogP contribution in [0.3, 0.4) is 0 Å². The average molecular weight is 408 g/mol. The summed E-state index contributed by atoms with van der Waals surface area (Å²) in [5, 5.41) is 2.30. The van der Waals surface area contributed by atoms with E-state index in [1.807, 2.05) is 0 Å².